The van der Waals surface area contributed by atoms with Crippen molar-refractivity contribution >= 4 is 28.1 Å². The van der Waals surface area contributed by atoms with Crippen LogP contribution in [0.25, 0.3) is 16.6 Å². The number of carbonyl (C=O) groups excluding carboxylic acids is 1. The fourth-order valence-electron chi connectivity index (χ4n) is 3.95. The van der Waals surface area contributed by atoms with Crippen LogP contribution >= 0.6 is 0 Å². The third kappa shape index (κ3) is 2.75. The first kappa shape index (κ1) is 16.9. The standard InChI is InChI=1S/C21H22N6O/c1-21(8-3-9-22-21)18-13-27-12-16(5-7-19(27)25-18)24-20(28)14-4-6-17-15(10-14)11-23-26(17)2/h4-7,10-13,22H,3,8-9H2,1-2H3,(H,24,28). The molecule has 7 heteroatoms. The van der Waals surface area contributed by atoms with Gasteiger partial charge in [-0.25, -0.2) is 4.98 Å². The molecule has 2 N–H and O–H groups in total. The molecule has 1 atom stereocenters. The zero-order chi connectivity index (χ0) is 19.3. The van der Waals surface area contributed by atoms with Gasteiger partial charge >= 0.3 is 0 Å². The molecule has 1 aromatic carbocycles. The molecule has 0 bridgehead atoms. The van der Waals surface area contributed by atoms with Gasteiger partial charge in [0.15, 0.2) is 0 Å². The molecule has 142 valence electrons. The number of rotatable bonds is 3. The average Bonchev–Trinajstić information content (AvgIpc) is 3.40. The van der Waals surface area contributed by atoms with Crippen molar-refractivity contribution in [2.24, 2.45) is 7.05 Å². The largest absolute Gasteiger partial charge is 0.321 e. The Hall–Kier alpha value is -3.19. The summed E-state index contributed by atoms with van der Waals surface area (Å²) in [6, 6.07) is 9.41. The number of anilines is 1. The number of aromatic nitrogens is 4. The molecule has 0 radical (unpaired) electrons. The number of hydrogen-bond donors (Lipinski definition) is 2. The van der Waals surface area contributed by atoms with Crippen molar-refractivity contribution in [3.05, 3.63) is 60.2 Å². The van der Waals surface area contributed by atoms with Gasteiger partial charge in [-0.2, -0.15) is 5.10 Å². The van der Waals surface area contributed by atoms with Crippen molar-refractivity contribution in [2.75, 3.05) is 11.9 Å². The van der Waals surface area contributed by atoms with Crippen LogP contribution in [0.5, 0.6) is 0 Å². The van der Waals surface area contributed by atoms with Crippen LogP contribution in [0.4, 0.5) is 5.69 Å². The van der Waals surface area contributed by atoms with E-state index >= 15 is 0 Å². The number of nitrogens with zero attached hydrogens (tertiary/aromatic N) is 4. The van der Waals surface area contributed by atoms with E-state index in [1.807, 2.05) is 54.2 Å². The quantitative estimate of drug-likeness (QED) is 0.578. The zero-order valence-electron chi connectivity index (χ0n) is 15.9. The molecule has 3 aromatic heterocycles. The summed E-state index contributed by atoms with van der Waals surface area (Å²) in [5, 5.41) is 11.7. The first-order chi connectivity index (χ1) is 13.5. The lowest BCUT2D eigenvalue weighted by molar-refractivity contribution is 0.102. The van der Waals surface area contributed by atoms with Crippen LogP contribution in [0.3, 0.4) is 0 Å². The molecule has 7 nitrogen and oxygen atoms in total. The number of imidazole rings is 1. The van der Waals surface area contributed by atoms with E-state index in [0.717, 1.165) is 47.3 Å². The lowest BCUT2D eigenvalue weighted by Crippen LogP contribution is -2.33. The fourth-order valence-corrected chi connectivity index (χ4v) is 3.95. The minimum atomic E-state index is -0.144. The van der Waals surface area contributed by atoms with E-state index in [1.54, 1.807) is 10.9 Å². The Bertz CT molecular complexity index is 1200. The molecule has 0 spiro atoms. The molecule has 4 heterocycles. The van der Waals surface area contributed by atoms with Gasteiger partial charge in [0.1, 0.15) is 5.65 Å². The van der Waals surface area contributed by atoms with Crippen molar-refractivity contribution in [3.63, 3.8) is 0 Å². The summed E-state index contributed by atoms with van der Waals surface area (Å²) in [6.07, 6.45) is 7.96. The highest BCUT2D eigenvalue weighted by Crippen LogP contribution is 2.30. The maximum Gasteiger partial charge on any atom is 0.255 e. The highest BCUT2D eigenvalue weighted by molar-refractivity contribution is 6.06. The van der Waals surface area contributed by atoms with Gasteiger partial charge in [-0.3, -0.25) is 9.48 Å². The molecule has 1 unspecified atom stereocenters. The normalized spacial score (nSPS) is 19.5. The summed E-state index contributed by atoms with van der Waals surface area (Å²) in [7, 11) is 1.89. The van der Waals surface area contributed by atoms with Crippen LogP contribution in [0, 0.1) is 0 Å². The maximum absolute atomic E-state index is 12.7. The monoisotopic (exact) mass is 374 g/mol. The Labute approximate surface area is 162 Å². The highest BCUT2D eigenvalue weighted by atomic mass is 16.1. The number of carbonyl (C=O) groups is 1. The van der Waals surface area contributed by atoms with Gasteiger partial charge in [-0.05, 0) is 56.6 Å². The van der Waals surface area contributed by atoms with Gasteiger partial charge in [-0.1, -0.05) is 0 Å². The second-order valence-corrected chi connectivity index (χ2v) is 7.67. The summed E-state index contributed by atoms with van der Waals surface area (Å²) < 4.78 is 3.77. The second-order valence-electron chi connectivity index (χ2n) is 7.67. The third-order valence-corrected chi connectivity index (χ3v) is 5.65. The number of hydrogen-bond acceptors (Lipinski definition) is 4. The number of amides is 1. The topological polar surface area (TPSA) is 76.2 Å². The third-order valence-electron chi connectivity index (χ3n) is 5.65. The minimum absolute atomic E-state index is 0.0748. The van der Waals surface area contributed by atoms with Crippen molar-refractivity contribution in [2.45, 2.75) is 25.3 Å². The molecule has 4 aromatic rings. The summed E-state index contributed by atoms with van der Waals surface area (Å²) >= 11 is 0. The van der Waals surface area contributed by atoms with E-state index < -0.39 is 0 Å². The molecule has 1 fully saturated rings. The van der Waals surface area contributed by atoms with Gasteiger partial charge in [0, 0.05) is 30.4 Å². The Morgan fingerprint density at radius 3 is 2.96 bits per heavy atom. The van der Waals surface area contributed by atoms with Gasteiger partial charge in [0.05, 0.1) is 28.6 Å². The highest BCUT2D eigenvalue weighted by Gasteiger charge is 2.32. The predicted octanol–water partition coefficient (Wildman–Crippen LogP) is 3.07. The summed E-state index contributed by atoms with van der Waals surface area (Å²) in [4.78, 5) is 17.5. The van der Waals surface area contributed by atoms with E-state index in [9.17, 15) is 4.79 Å². The Balaban J connectivity index is 1.41. The van der Waals surface area contributed by atoms with Crippen molar-refractivity contribution in [1.29, 1.82) is 0 Å². The summed E-state index contributed by atoms with van der Waals surface area (Å²) in [5.74, 6) is -0.144. The fraction of sp³-hybridized carbons (Fsp3) is 0.286. The number of fused-ring (bicyclic) bond motifs is 2. The lowest BCUT2D eigenvalue weighted by Gasteiger charge is -2.21. The van der Waals surface area contributed by atoms with Crippen LogP contribution in [0.15, 0.2) is 48.9 Å². The van der Waals surface area contributed by atoms with E-state index in [-0.39, 0.29) is 11.4 Å². The van der Waals surface area contributed by atoms with E-state index in [0.29, 0.717) is 5.56 Å². The molecular formula is C21H22N6O. The Morgan fingerprint density at radius 1 is 1.25 bits per heavy atom. The summed E-state index contributed by atoms with van der Waals surface area (Å²) in [5.41, 5.74) is 4.18. The molecule has 0 aliphatic carbocycles. The van der Waals surface area contributed by atoms with Crippen molar-refractivity contribution < 1.29 is 4.79 Å². The van der Waals surface area contributed by atoms with Crippen molar-refractivity contribution in [1.82, 2.24) is 24.5 Å². The Kier molecular flexibility index (Phi) is 3.73. The van der Waals surface area contributed by atoms with Crippen molar-refractivity contribution in [3.8, 4) is 0 Å². The van der Waals surface area contributed by atoms with E-state index in [4.69, 9.17) is 4.98 Å². The van der Waals surface area contributed by atoms with Crippen LogP contribution in [-0.4, -0.2) is 31.6 Å². The molecule has 5 rings (SSSR count). The smallest absolute Gasteiger partial charge is 0.255 e. The van der Waals surface area contributed by atoms with E-state index in [1.165, 1.54) is 0 Å². The number of aryl methyl sites for hydroxylation is 1. The van der Waals surface area contributed by atoms with E-state index in [2.05, 4.69) is 22.7 Å². The van der Waals surface area contributed by atoms with Gasteiger partial charge in [-0.15, -0.1) is 0 Å². The molecule has 28 heavy (non-hydrogen) atoms. The molecular weight excluding hydrogens is 352 g/mol. The molecule has 1 amide bonds. The lowest BCUT2D eigenvalue weighted by atomic mass is 9.97. The predicted molar refractivity (Wildman–Crippen MR) is 108 cm³/mol. The van der Waals surface area contributed by atoms with Gasteiger partial charge in [0.25, 0.3) is 5.91 Å². The van der Waals surface area contributed by atoms with Gasteiger partial charge in [0.2, 0.25) is 0 Å². The number of nitrogens with one attached hydrogen (secondary N) is 2. The molecule has 0 saturated carbocycles. The van der Waals surface area contributed by atoms with Crippen LogP contribution in [0.2, 0.25) is 0 Å². The maximum atomic E-state index is 12.7. The number of benzene rings is 1. The average molecular weight is 374 g/mol. The van der Waals surface area contributed by atoms with Crippen LogP contribution < -0.4 is 10.6 Å². The molecule has 1 saturated heterocycles. The first-order valence-electron chi connectivity index (χ1n) is 9.49. The minimum Gasteiger partial charge on any atom is -0.321 e. The van der Waals surface area contributed by atoms with Crippen LogP contribution in [-0.2, 0) is 12.6 Å². The number of pyridine rings is 1. The SMILES string of the molecule is Cn1ncc2cc(C(=O)Nc3ccc4nc(C5(C)CCCN5)cn4c3)ccc21. The first-order valence-corrected chi connectivity index (χ1v) is 9.49. The van der Waals surface area contributed by atoms with Gasteiger partial charge < -0.3 is 15.0 Å². The summed E-state index contributed by atoms with van der Waals surface area (Å²) in [6.45, 7) is 3.21. The van der Waals surface area contributed by atoms with Crippen LogP contribution in [0.1, 0.15) is 35.8 Å². The molecule has 1 aliphatic rings. The molecule has 1 aliphatic heterocycles. The zero-order valence-corrected chi connectivity index (χ0v) is 15.9. The Morgan fingerprint density at radius 2 is 2.14 bits per heavy atom. The second kappa shape index (κ2) is 6.17.